The Bertz CT molecular complexity index is 593. The van der Waals surface area contributed by atoms with Crippen molar-refractivity contribution in [3.05, 3.63) is 23.8 Å². The second-order valence-electron chi connectivity index (χ2n) is 3.24. The molecule has 0 aliphatic heterocycles. The number of ether oxygens (including phenoxy) is 1. The molecule has 6 nitrogen and oxygen atoms in total. The molecule has 0 saturated heterocycles. The third kappa shape index (κ3) is 2.34. The van der Waals surface area contributed by atoms with Crippen LogP contribution in [0.5, 0.6) is 0 Å². The monoisotopic (exact) mass is 254 g/mol. The van der Waals surface area contributed by atoms with Crippen LogP contribution in [0, 0.1) is 0 Å². The smallest absolute Gasteiger partial charge is 0.338 e. The van der Waals surface area contributed by atoms with Gasteiger partial charge in [0.25, 0.3) is 0 Å². The average molecular weight is 254 g/mol. The van der Waals surface area contributed by atoms with Gasteiger partial charge in [-0.15, -0.1) is 0 Å². The summed E-state index contributed by atoms with van der Waals surface area (Å²) in [4.78, 5) is 18.0. The molecule has 1 unspecified atom stereocenters. The van der Waals surface area contributed by atoms with Crippen LogP contribution in [-0.2, 0) is 15.8 Å². The van der Waals surface area contributed by atoms with E-state index in [1.165, 1.54) is 6.07 Å². The molecule has 2 N–H and O–H groups in total. The van der Waals surface area contributed by atoms with Crippen LogP contribution in [0.4, 0.5) is 0 Å². The minimum absolute atomic E-state index is 0.0407. The highest BCUT2D eigenvalue weighted by atomic mass is 32.2. The van der Waals surface area contributed by atoms with Crippen molar-refractivity contribution < 1.29 is 18.3 Å². The Morgan fingerprint density at radius 3 is 3.00 bits per heavy atom. The molecule has 0 spiro atoms. The first-order valence-electron chi connectivity index (χ1n) is 4.89. The molecule has 1 aromatic heterocycles. The maximum absolute atomic E-state index is 11.5. The molecule has 1 heterocycles. The summed E-state index contributed by atoms with van der Waals surface area (Å²) < 4.78 is 24.5. The van der Waals surface area contributed by atoms with E-state index in [4.69, 9.17) is 9.29 Å². The van der Waals surface area contributed by atoms with Crippen molar-refractivity contribution in [1.82, 2.24) is 9.97 Å². The van der Waals surface area contributed by atoms with Crippen LogP contribution >= 0.6 is 0 Å². The zero-order valence-electron chi connectivity index (χ0n) is 8.97. The highest BCUT2D eigenvalue weighted by Gasteiger charge is 2.11. The van der Waals surface area contributed by atoms with Crippen LogP contribution in [0.3, 0.4) is 0 Å². The summed E-state index contributed by atoms with van der Waals surface area (Å²) in [7, 11) is 0. The number of nitrogens with zero attached hydrogens (tertiary/aromatic N) is 1. The zero-order valence-corrected chi connectivity index (χ0v) is 9.78. The Hall–Kier alpha value is -1.73. The van der Waals surface area contributed by atoms with Gasteiger partial charge in [0.1, 0.15) is 0 Å². The van der Waals surface area contributed by atoms with E-state index in [0.717, 1.165) is 0 Å². The fraction of sp³-hybridized carbons (Fsp3) is 0.200. The number of esters is 1. The molecule has 0 fully saturated rings. The molecule has 0 bridgehead atoms. The van der Waals surface area contributed by atoms with E-state index in [1.807, 2.05) is 0 Å². The number of rotatable bonds is 3. The molecule has 90 valence electrons. The normalized spacial score (nSPS) is 12.6. The highest BCUT2D eigenvalue weighted by molar-refractivity contribution is 7.79. The predicted molar refractivity (Wildman–Crippen MR) is 61.1 cm³/mol. The molecular formula is C10H10N2O4S. The van der Waals surface area contributed by atoms with Gasteiger partial charge < -0.3 is 9.72 Å². The first-order valence-corrected chi connectivity index (χ1v) is 6.00. The van der Waals surface area contributed by atoms with Gasteiger partial charge in [-0.25, -0.2) is 14.0 Å². The van der Waals surface area contributed by atoms with Crippen LogP contribution in [0.15, 0.2) is 23.4 Å². The van der Waals surface area contributed by atoms with Gasteiger partial charge in [0, 0.05) is 0 Å². The van der Waals surface area contributed by atoms with Crippen LogP contribution < -0.4 is 0 Å². The molecule has 0 aliphatic carbocycles. The molecule has 2 rings (SSSR count). The summed E-state index contributed by atoms with van der Waals surface area (Å²) >= 11 is -2.17. The number of H-pyrrole nitrogens is 1. The van der Waals surface area contributed by atoms with Crippen molar-refractivity contribution in [2.75, 3.05) is 6.61 Å². The summed E-state index contributed by atoms with van der Waals surface area (Å²) in [5.41, 5.74) is 1.42. The van der Waals surface area contributed by atoms with Crippen LogP contribution in [0.2, 0.25) is 0 Å². The Kier molecular flexibility index (Phi) is 3.21. The molecule has 0 amide bonds. The molecule has 2 aromatic rings. The third-order valence-corrected chi connectivity index (χ3v) is 2.66. The number of imidazole rings is 1. The van der Waals surface area contributed by atoms with E-state index >= 15 is 0 Å². The summed E-state index contributed by atoms with van der Waals surface area (Å²) in [6.45, 7) is 2.02. The van der Waals surface area contributed by atoms with Gasteiger partial charge in [0.15, 0.2) is 0 Å². The molecule has 0 radical (unpaired) electrons. The number of aromatic amines is 1. The minimum atomic E-state index is -2.17. The number of fused-ring (bicyclic) bond motifs is 1. The predicted octanol–water partition coefficient (Wildman–Crippen LogP) is 1.32. The number of hydrogen-bond donors (Lipinski definition) is 2. The second-order valence-corrected chi connectivity index (χ2v) is 4.13. The van der Waals surface area contributed by atoms with E-state index in [9.17, 15) is 9.00 Å². The van der Waals surface area contributed by atoms with Crippen molar-refractivity contribution in [3.63, 3.8) is 0 Å². The van der Waals surface area contributed by atoms with Crippen molar-refractivity contribution in [2.24, 2.45) is 0 Å². The van der Waals surface area contributed by atoms with Crippen LogP contribution in [-0.4, -0.2) is 31.3 Å². The average Bonchev–Trinajstić information content (AvgIpc) is 2.71. The Morgan fingerprint density at radius 1 is 1.59 bits per heavy atom. The lowest BCUT2D eigenvalue weighted by atomic mass is 10.2. The van der Waals surface area contributed by atoms with E-state index < -0.39 is 17.0 Å². The van der Waals surface area contributed by atoms with Gasteiger partial charge in [0.2, 0.25) is 16.2 Å². The lowest BCUT2D eigenvalue weighted by Gasteiger charge is -2.00. The van der Waals surface area contributed by atoms with E-state index in [2.05, 4.69) is 9.97 Å². The van der Waals surface area contributed by atoms with Gasteiger partial charge in [-0.1, -0.05) is 0 Å². The maximum Gasteiger partial charge on any atom is 0.338 e. The number of hydrogen-bond acceptors (Lipinski definition) is 4. The number of benzene rings is 1. The van der Waals surface area contributed by atoms with Crippen molar-refractivity contribution in [1.29, 1.82) is 0 Å². The number of aromatic nitrogens is 2. The maximum atomic E-state index is 11.5. The van der Waals surface area contributed by atoms with Crippen LogP contribution in [0.1, 0.15) is 17.3 Å². The fourth-order valence-corrected chi connectivity index (χ4v) is 1.78. The first kappa shape index (κ1) is 11.7. The Labute approximate surface area is 99.3 Å². The molecule has 0 saturated carbocycles. The van der Waals surface area contributed by atoms with Gasteiger partial charge in [-0.2, -0.15) is 0 Å². The summed E-state index contributed by atoms with van der Waals surface area (Å²) in [6.07, 6.45) is 0. The molecular weight excluding hydrogens is 244 g/mol. The third-order valence-electron chi connectivity index (χ3n) is 2.14. The second kappa shape index (κ2) is 4.64. The zero-order chi connectivity index (χ0) is 12.4. The molecule has 7 heteroatoms. The van der Waals surface area contributed by atoms with Crippen molar-refractivity contribution in [2.45, 2.75) is 12.1 Å². The number of carbonyl (C=O) groups is 1. The Morgan fingerprint density at radius 2 is 2.35 bits per heavy atom. The highest BCUT2D eigenvalue weighted by Crippen LogP contribution is 2.15. The minimum Gasteiger partial charge on any atom is -0.462 e. The fourth-order valence-electron chi connectivity index (χ4n) is 1.41. The molecule has 1 aromatic carbocycles. The lowest BCUT2D eigenvalue weighted by molar-refractivity contribution is 0.0526. The SMILES string of the molecule is CCOC(=O)c1ccc2nc(S(=O)O)[nH]c2c1. The standard InChI is InChI=1S/C10H10N2O4S/c1-2-16-9(13)6-3-4-7-8(5-6)12-10(11-7)17(14)15/h3-5H,2H2,1H3,(H,11,12)(H,14,15). The van der Waals surface area contributed by atoms with E-state index in [-0.39, 0.29) is 5.16 Å². The first-order chi connectivity index (χ1) is 8.11. The van der Waals surface area contributed by atoms with Crippen LogP contribution in [0.25, 0.3) is 11.0 Å². The van der Waals surface area contributed by atoms with E-state index in [1.54, 1.807) is 19.1 Å². The largest absolute Gasteiger partial charge is 0.462 e. The lowest BCUT2D eigenvalue weighted by Crippen LogP contribution is -2.04. The van der Waals surface area contributed by atoms with Gasteiger partial charge >= 0.3 is 5.97 Å². The molecule has 0 aliphatic rings. The molecule has 17 heavy (non-hydrogen) atoms. The quantitative estimate of drug-likeness (QED) is 0.636. The topological polar surface area (TPSA) is 92.3 Å². The summed E-state index contributed by atoms with van der Waals surface area (Å²) in [5, 5.41) is -0.0407. The van der Waals surface area contributed by atoms with Crippen molar-refractivity contribution in [3.8, 4) is 0 Å². The van der Waals surface area contributed by atoms with E-state index in [0.29, 0.717) is 23.2 Å². The summed E-state index contributed by atoms with van der Waals surface area (Å²) in [6, 6.07) is 4.69. The number of nitrogens with one attached hydrogen (secondary N) is 1. The number of carbonyl (C=O) groups excluding carboxylic acids is 1. The Balaban J connectivity index is 2.43. The van der Waals surface area contributed by atoms with Crippen molar-refractivity contribution >= 4 is 28.1 Å². The van der Waals surface area contributed by atoms with Gasteiger partial charge in [0.05, 0.1) is 23.2 Å². The van der Waals surface area contributed by atoms with Gasteiger partial charge in [-0.05, 0) is 25.1 Å². The summed E-state index contributed by atoms with van der Waals surface area (Å²) in [5.74, 6) is -0.435. The molecule has 1 atom stereocenters. The van der Waals surface area contributed by atoms with Gasteiger partial charge in [-0.3, -0.25) is 4.55 Å².